The van der Waals surface area contributed by atoms with Gasteiger partial charge < -0.3 is 20.3 Å². The molecule has 0 amide bonds. The summed E-state index contributed by atoms with van der Waals surface area (Å²) in [6.07, 6.45) is -1.44. The minimum Gasteiger partial charge on any atom is -0.493 e. The Balaban J connectivity index is 3.15. The van der Waals surface area contributed by atoms with Crippen LogP contribution in [0.5, 0.6) is 11.5 Å². The third-order valence-electron chi connectivity index (χ3n) is 1.98. The molecule has 1 rings (SSSR count). The van der Waals surface area contributed by atoms with E-state index in [4.69, 9.17) is 23.1 Å². The van der Waals surface area contributed by atoms with Gasteiger partial charge in [0.05, 0.1) is 15.6 Å². The summed E-state index contributed by atoms with van der Waals surface area (Å²) in [5, 5.41) is 8.81. The molecule has 0 aliphatic rings. The highest BCUT2D eigenvalue weighted by atomic mass is 16.5. The van der Waals surface area contributed by atoms with Crippen LogP contribution in [0.25, 0.3) is 0 Å². The Morgan fingerprint density at radius 3 is 2.69 bits per heavy atom. The quantitative estimate of drug-likeness (QED) is 0.772. The maximum Gasteiger partial charge on any atom is 0.320 e. The second kappa shape index (κ2) is 5.37. The topological polar surface area (TPSA) is 81.8 Å². The molecule has 0 aliphatic carbocycles. The van der Waals surface area contributed by atoms with Crippen molar-refractivity contribution < 1.29 is 22.1 Å². The van der Waals surface area contributed by atoms with E-state index in [0.717, 1.165) is 0 Å². The summed E-state index contributed by atoms with van der Waals surface area (Å²) in [5.41, 5.74) is 5.58. The van der Waals surface area contributed by atoms with Gasteiger partial charge in [-0.15, -0.1) is 0 Å². The van der Waals surface area contributed by atoms with Gasteiger partial charge in [0, 0.05) is 1.37 Å². The number of hydrogen-bond acceptors (Lipinski definition) is 4. The fourth-order valence-corrected chi connectivity index (χ4v) is 1.18. The molecular formula is C11H15NO4. The maximum absolute atomic E-state index is 10.8. The summed E-state index contributed by atoms with van der Waals surface area (Å²) in [6.45, 7) is 0. The van der Waals surface area contributed by atoms with Gasteiger partial charge in [0.2, 0.25) is 0 Å². The summed E-state index contributed by atoms with van der Waals surface area (Å²) in [7, 11) is 2.89. The first-order valence-electron chi connectivity index (χ1n) is 5.58. The monoisotopic (exact) mass is 227 g/mol. The standard InChI is InChI=1S/C11H15NO4/c1-15-9-4-3-7(6-10(9)16-2)5-8(12)11(13)14/h3-4,6,8H,5,12H2,1-2H3,(H,13,14)/t8-/m1/s1/i5D,8D/t5-,8-. The minimum absolute atomic E-state index is 0.271. The Hall–Kier alpha value is -1.75. The highest BCUT2D eigenvalue weighted by Crippen LogP contribution is 2.27. The van der Waals surface area contributed by atoms with Crippen LogP contribution in [0.1, 0.15) is 8.30 Å². The molecule has 0 spiro atoms. The lowest BCUT2D eigenvalue weighted by Gasteiger charge is -2.11. The van der Waals surface area contributed by atoms with E-state index in [2.05, 4.69) is 0 Å². The van der Waals surface area contributed by atoms with Crippen molar-refractivity contribution in [3.8, 4) is 11.5 Å². The molecule has 3 N–H and O–H groups in total. The molecule has 0 saturated carbocycles. The van der Waals surface area contributed by atoms with Crippen molar-refractivity contribution in [3.05, 3.63) is 23.8 Å². The second-order valence-electron chi connectivity index (χ2n) is 3.02. The van der Waals surface area contributed by atoms with E-state index in [1.807, 2.05) is 0 Å². The lowest BCUT2D eigenvalue weighted by molar-refractivity contribution is -0.138. The van der Waals surface area contributed by atoms with Gasteiger partial charge in [-0.1, -0.05) is 6.07 Å². The van der Waals surface area contributed by atoms with E-state index in [9.17, 15) is 4.79 Å². The van der Waals surface area contributed by atoms with Crippen molar-refractivity contribution in [1.29, 1.82) is 0 Å². The van der Waals surface area contributed by atoms with E-state index in [1.165, 1.54) is 32.4 Å². The molecule has 0 aromatic heterocycles. The van der Waals surface area contributed by atoms with E-state index in [1.54, 1.807) is 0 Å². The number of methoxy groups -OCH3 is 2. The average Bonchev–Trinajstić information content (AvgIpc) is 2.36. The molecule has 1 aromatic rings. The number of hydrogen-bond donors (Lipinski definition) is 2. The molecule has 0 radical (unpaired) electrons. The lowest BCUT2D eigenvalue weighted by atomic mass is 10.1. The smallest absolute Gasteiger partial charge is 0.320 e. The van der Waals surface area contributed by atoms with E-state index in [-0.39, 0.29) is 5.56 Å². The van der Waals surface area contributed by atoms with E-state index in [0.29, 0.717) is 11.5 Å². The number of carboxylic acid groups (broad SMARTS) is 1. The van der Waals surface area contributed by atoms with Crippen LogP contribution >= 0.6 is 0 Å². The minimum atomic E-state index is -2.42. The lowest BCUT2D eigenvalue weighted by Crippen LogP contribution is -2.32. The summed E-state index contributed by atoms with van der Waals surface area (Å²) in [6, 6.07) is 2.04. The zero-order valence-corrected chi connectivity index (χ0v) is 9.06. The average molecular weight is 227 g/mol. The Labute approximate surface area is 96.6 Å². The van der Waals surface area contributed by atoms with Gasteiger partial charge in [0.1, 0.15) is 6.02 Å². The van der Waals surface area contributed by atoms with Crippen LogP contribution in [0.2, 0.25) is 0 Å². The fourth-order valence-electron chi connectivity index (χ4n) is 1.18. The Kier molecular flexibility index (Phi) is 3.18. The number of carboxylic acids is 1. The largest absolute Gasteiger partial charge is 0.493 e. The van der Waals surface area contributed by atoms with E-state index >= 15 is 0 Å². The molecule has 5 nitrogen and oxygen atoms in total. The normalized spacial score (nSPS) is 17.7. The fraction of sp³-hybridized carbons (Fsp3) is 0.364. The third-order valence-corrected chi connectivity index (χ3v) is 1.98. The first-order valence-corrected chi connectivity index (χ1v) is 4.51. The Bertz CT molecular complexity index is 451. The second-order valence-corrected chi connectivity index (χ2v) is 3.02. The third kappa shape index (κ3) is 2.87. The van der Waals surface area contributed by atoms with Gasteiger partial charge in [-0.3, -0.25) is 4.79 Å². The zero-order valence-electron chi connectivity index (χ0n) is 11.1. The summed E-state index contributed by atoms with van der Waals surface area (Å²) in [5.74, 6) is -0.748. The van der Waals surface area contributed by atoms with E-state index < -0.39 is 18.4 Å². The molecule has 0 unspecified atom stereocenters. The van der Waals surface area contributed by atoms with Gasteiger partial charge >= 0.3 is 5.97 Å². The Morgan fingerprint density at radius 1 is 1.56 bits per heavy atom. The van der Waals surface area contributed by atoms with Crippen LogP contribution in [0, 0.1) is 0 Å². The molecule has 5 heteroatoms. The molecule has 16 heavy (non-hydrogen) atoms. The van der Waals surface area contributed by atoms with Crippen molar-refractivity contribution in [1.82, 2.24) is 0 Å². The summed E-state index contributed by atoms with van der Waals surface area (Å²) < 4.78 is 25.3. The predicted octanol–water partition coefficient (Wildman–Crippen LogP) is 0.658. The molecule has 2 atom stereocenters. The molecular weight excluding hydrogens is 210 g/mol. The number of nitrogens with two attached hydrogens (primary N) is 1. The number of benzene rings is 1. The van der Waals surface area contributed by atoms with Crippen LogP contribution in [-0.4, -0.2) is 31.3 Å². The molecule has 88 valence electrons. The van der Waals surface area contributed by atoms with Crippen LogP contribution in [-0.2, 0) is 11.2 Å². The van der Waals surface area contributed by atoms with Gasteiger partial charge in [-0.2, -0.15) is 0 Å². The molecule has 1 aromatic carbocycles. The number of rotatable bonds is 5. The summed E-state index contributed by atoms with van der Waals surface area (Å²) in [4.78, 5) is 10.8. The van der Waals surface area contributed by atoms with Gasteiger partial charge in [0.15, 0.2) is 11.5 Å². The molecule has 0 bridgehead atoms. The van der Waals surface area contributed by atoms with Crippen molar-refractivity contribution >= 4 is 5.97 Å². The number of aliphatic carboxylic acids is 1. The Morgan fingerprint density at radius 2 is 2.19 bits per heavy atom. The number of ether oxygens (including phenoxy) is 2. The van der Waals surface area contributed by atoms with Gasteiger partial charge in [-0.05, 0) is 24.1 Å². The predicted molar refractivity (Wildman–Crippen MR) is 58.9 cm³/mol. The van der Waals surface area contributed by atoms with Crippen molar-refractivity contribution in [2.75, 3.05) is 14.2 Å². The molecule has 0 saturated heterocycles. The van der Waals surface area contributed by atoms with Crippen LogP contribution < -0.4 is 15.2 Å². The van der Waals surface area contributed by atoms with Gasteiger partial charge in [-0.25, -0.2) is 0 Å². The first kappa shape index (κ1) is 9.47. The van der Waals surface area contributed by atoms with Crippen molar-refractivity contribution in [3.63, 3.8) is 0 Å². The first-order chi connectivity index (χ1) is 8.34. The highest BCUT2D eigenvalue weighted by Gasteiger charge is 2.13. The van der Waals surface area contributed by atoms with Crippen LogP contribution in [0.3, 0.4) is 0 Å². The molecule has 0 aliphatic heterocycles. The van der Waals surface area contributed by atoms with Crippen LogP contribution in [0.15, 0.2) is 18.2 Å². The van der Waals surface area contributed by atoms with Crippen molar-refractivity contribution in [2.45, 2.75) is 12.4 Å². The summed E-state index contributed by atoms with van der Waals surface area (Å²) >= 11 is 0. The highest BCUT2D eigenvalue weighted by molar-refractivity contribution is 5.73. The van der Waals surface area contributed by atoms with Crippen molar-refractivity contribution in [2.24, 2.45) is 5.73 Å². The van der Waals surface area contributed by atoms with Crippen LogP contribution in [0.4, 0.5) is 0 Å². The molecule has 0 heterocycles. The number of carbonyl (C=O) groups is 1. The molecule has 0 fully saturated rings. The maximum atomic E-state index is 10.8. The zero-order chi connectivity index (χ0) is 13.9. The van der Waals surface area contributed by atoms with Gasteiger partial charge in [0.25, 0.3) is 0 Å². The SMILES string of the molecule is [2H][C@H](c1ccc(OC)c(OC)c1)[C@@]([2H])(N)C(=O)O.